The fourth-order valence-corrected chi connectivity index (χ4v) is 2.38. The molecule has 21 heavy (non-hydrogen) atoms. The second-order valence-electron chi connectivity index (χ2n) is 5.26. The molecule has 1 aromatic carbocycles. The van der Waals surface area contributed by atoms with Crippen molar-refractivity contribution in [3.63, 3.8) is 0 Å². The van der Waals surface area contributed by atoms with Crippen LogP contribution in [0.1, 0.15) is 30.9 Å². The van der Waals surface area contributed by atoms with Gasteiger partial charge in [-0.2, -0.15) is 0 Å². The molecule has 0 aliphatic heterocycles. The normalized spacial score (nSPS) is 14.2. The zero-order chi connectivity index (χ0) is 15.4. The Morgan fingerprint density at radius 2 is 2.19 bits per heavy atom. The van der Waals surface area contributed by atoms with Crippen LogP contribution in [0.5, 0.6) is 0 Å². The van der Waals surface area contributed by atoms with Crippen molar-refractivity contribution >= 4 is 11.7 Å². The summed E-state index contributed by atoms with van der Waals surface area (Å²) in [6, 6.07) is 5.46. The molecule has 0 spiro atoms. The standard InChI is InChI=1S/C15H20N2O4/c1-3-21-15(18)10-16(13-7-8-13)9-12-5-4-6-14(11(12)2)17(19)20/h4-6,13H,3,7-10H2,1-2H3. The van der Waals surface area contributed by atoms with Crippen LogP contribution in [0.3, 0.4) is 0 Å². The first-order chi connectivity index (χ1) is 10.0. The number of nitro benzene ring substituents is 1. The van der Waals surface area contributed by atoms with Gasteiger partial charge in [0.1, 0.15) is 0 Å². The number of carbonyl (C=O) groups is 1. The lowest BCUT2D eigenvalue weighted by molar-refractivity contribution is -0.385. The molecule has 1 saturated carbocycles. The fraction of sp³-hybridized carbons (Fsp3) is 0.533. The maximum absolute atomic E-state index is 11.7. The number of esters is 1. The largest absolute Gasteiger partial charge is 0.465 e. The van der Waals surface area contributed by atoms with Crippen LogP contribution in [0.15, 0.2) is 18.2 Å². The Kier molecular flexibility index (Phi) is 4.90. The van der Waals surface area contributed by atoms with E-state index in [4.69, 9.17) is 4.74 Å². The van der Waals surface area contributed by atoms with Gasteiger partial charge in [0.2, 0.25) is 0 Å². The second kappa shape index (κ2) is 6.67. The minimum atomic E-state index is -0.369. The van der Waals surface area contributed by atoms with Crippen molar-refractivity contribution in [2.45, 2.75) is 39.3 Å². The smallest absolute Gasteiger partial charge is 0.320 e. The van der Waals surface area contributed by atoms with Crippen molar-refractivity contribution in [3.05, 3.63) is 39.4 Å². The Morgan fingerprint density at radius 1 is 1.48 bits per heavy atom. The van der Waals surface area contributed by atoms with Crippen LogP contribution in [0.2, 0.25) is 0 Å². The molecule has 0 bridgehead atoms. The van der Waals surface area contributed by atoms with Gasteiger partial charge in [-0.15, -0.1) is 0 Å². The Morgan fingerprint density at radius 3 is 2.76 bits per heavy atom. The van der Waals surface area contributed by atoms with Crippen molar-refractivity contribution < 1.29 is 14.5 Å². The van der Waals surface area contributed by atoms with E-state index in [2.05, 4.69) is 0 Å². The molecular formula is C15H20N2O4. The van der Waals surface area contributed by atoms with E-state index in [1.807, 2.05) is 11.0 Å². The second-order valence-corrected chi connectivity index (χ2v) is 5.26. The maximum atomic E-state index is 11.7. The summed E-state index contributed by atoms with van der Waals surface area (Å²) in [7, 11) is 0. The van der Waals surface area contributed by atoms with Crippen LogP contribution in [0.25, 0.3) is 0 Å². The highest BCUT2D eigenvalue weighted by Crippen LogP contribution is 2.30. The average Bonchev–Trinajstić information content (AvgIpc) is 3.24. The zero-order valence-electron chi connectivity index (χ0n) is 12.4. The molecule has 1 aromatic rings. The minimum absolute atomic E-state index is 0.124. The summed E-state index contributed by atoms with van der Waals surface area (Å²) in [5, 5.41) is 11.0. The Bertz CT molecular complexity index is 540. The molecule has 0 saturated heterocycles. The SMILES string of the molecule is CCOC(=O)CN(Cc1cccc([N+](=O)[O-])c1C)C1CC1. The summed E-state index contributed by atoms with van der Waals surface area (Å²) in [4.78, 5) is 24.3. The molecule has 1 aliphatic carbocycles. The lowest BCUT2D eigenvalue weighted by Gasteiger charge is -2.21. The Labute approximate surface area is 123 Å². The molecule has 1 aliphatic rings. The van der Waals surface area contributed by atoms with Crippen LogP contribution < -0.4 is 0 Å². The van der Waals surface area contributed by atoms with Gasteiger partial charge in [0, 0.05) is 24.2 Å². The van der Waals surface area contributed by atoms with E-state index in [-0.39, 0.29) is 23.1 Å². The molecule has 0 unspecified atom stereocenters. The van der Waals surface area contributed by atoms with Crippen molar-refractivity contribution in [3.8, 4) is 0 Å². The molecule has 0 N–H and O–H groups in total. The quantitative estimate of drug-likeness (QED) is 0.438. The topological polar surface area (TPSA) is 72.7 Å². The molecule has 0 radical (unpaired) electrons. The predicted molar refractivity (Wildman–Crippen MR) is 77.9 cm³/mol. The number of hydrogen-bond acceptors (Lipinski definition) is 5. The molecule has 114 valence electrons. The Hall–Kier alpha value is -1.95. The maximum Gasteiger partial charge on any atom is 0.320 e. The average molecular weight is 292 g/mol. The molecule has 1 fully saturated rings. The number of carbonyl (C=O) groups excluding carboxylic acids is 1. The van der Waals surface area contributed by atoms with Gasteiger partial charge in [-0.1, -0.05) is 12.1 Å². The Balaban J connectivity index is 2.12. The third-order valence-corrected chi connectivity index (χ3v) is 3.69. The highest BCUT2D eigenvalue weighted by atomic mass is 16.6. The zero-order valence-corrected chi connectivity index (χ0v) is 12.4. The summed E-state index contributed by atoms with van der Waals surface area (Å²) >= 11 is 0. The number of nitro groups is 1. The van der Waals surface area contributed by atoms with Crippen molar-refractivity contribution in [1.82, 2.24) is 4.90 Å². The van der Waals surface area contributed by atoms with E-state index in [9.17, 15) is 14.9 Å². The first-order valence-corrected chi connectivity index (χ1v) is 7.15. The molecule has 2 rings (SSSR count). The van der Waals surface area contributed by atoms with E-state index in [1.54, 1.807) is 19.9 Å². The molecular weight excluding hydrogens is 272 g/mol. The number of rotatable bonds is 7. The monoisotopic (exact) mass is 292 g/mol. The fourth-order valence-electron chi connectivity index (χ4n) is 2.38. The van der Waals surface area contributed by atoms with Crippen LogP contribution in [0.4, 0.5) is 5.69 Å². The van der Waals surface area contributed by atoms with E-state index in [0.29, 0.717) is 24.8 Å². The van der Waals surface area contributed by atoms with Crippen LogP contribution in [0, 0.1) is 17.0 Å². The van der Waals surface area contributed by atoms with Gasteiger partial charge in [0.25, 0.3) is 5.69 Å². The van der Waals surface area contributed by atoms with E-state index >= 15 is 0 Å². The summed E-state index contributed by atoms with van der Waals surface area (Å²) in [6.07, 6.45) is 2.13. The van der Waals surface area contributed by atoms with E-state index in [0.717, 1.165) is 18.4 Å². The third-order valence-electron chi connectivity index (χ3n) is 3.69. The first kappa shape index (κ1) is 15.4. The van der Waals surface area contributed by atoms with Gasteiger partial charge in [-0.05, 0) is 32.3 Å². The highest BCUT2D eigenvalue weighted by Gasteiger charge is 2.31. The summed E-state index contributed by atoms with van der Waals surface area (Å²) < 4.78 is 4.99. The van der Waals surface area contributed by atoms with Crippen LogP contribution in [-0.4, -0.2) is 35.0 Å². The first-order valence-electron chi connectivity index (χ1n) is 7.15. The third kappa shape index (κ3) is 4.01. The van der Waals surface area contributed by atoms with Gasteiger partial charge in [0.15, 0.2) is 0 Å². The molecule has 0 atom stereocenters. The van der Waals surface area contributed by atoms with E-state index < -0.39 is 0 Å². The number of hydrogen-bond donors (Lipinski definition) is 0. The molecule has 0 aromatic heterocycles. The summed E-state index contributed by atoms with van der Waals surface area (Å²) in [5.74, 6) is -0.243. The predicted octanol–water partition coefficient (Wildman–Crippen LogP) is 2.43. The molecule has 6 heteroatoms. The summed E-state index contributed by atoms with van der Waals surface area (Å²) in [5.41, 5.74) is 1.68. The van der Waals surface area contributed by atoms with Gasteiger partial charge in [-0.25, -0.2) is 0 Å². The lowest BCUT2D eigenvalue weighted by atomic mass is 10.1. The molecule has 0 heterocycles. The minimum Gasteiger partial charge on any atom is -0.465 e. The molecule has 0 amide bonds. The highest BCUT2D eigenvalue weighted by molar-refractivity contribution is 5.71. The number of nitrogens with zero attached hydrogens (tertiary/aromatic N) is 2. The van der Waals surface area contributed by atoms with Gasteiger partial charge in [0.05, 0.1) is 18.1 Å². The van der Waals surface area contributed by atoms with Gasteiger partial charge >= 0.3 is 5.97 Å². The van der Waals surface area contributed by atoms with Crippen molar-refractivity contribution in [1.29, 1.82) is 0 Å². The molecule has 6 nitrogen and oxygen atoms in total. The van der Waals surface area contributed by atoms with Crippen molar-refractivity contribution in [2.24, 2.45) is 0 Å². The van der Waals surface area contributed by atoms with Gasteiger partial charge < -0.3 is 4.74 Å². The van der Waals surface area contributed by atoms with Gasteiger partial charge in [-0.3, -0.25) is 19.8 Å². The van der Waals surface area contributed by atoms with Crippen LogP contribution in [-0.2, 0) is 16.1 Å². The van der Waals surface area contributed by atoms with Crippen LogP contribution >= 0.6 is 0 Å². The summed E-state index contributed by atoms with van der Waals surface area (Å²) in [6.45, 7) is 4.68. The van der Waals surface area contributed by atoms with Crippen molar-refractivity contribution in [2.75, 3.05) is 13.2 Å². The number of benzene rings is 1. The number of ether oxygens (including phenoxy) is 1. The lowest BCUT2D eigenvalue weighted by Crippen LogP contribution is -2.32. The van der Waals surface area contributed by atoms with E-state index in [1.165, 1.54) is 6.07 Å².